The van der Waals surface area contributed by atoms with Crippen LogP contribution in [0.15, 0.2) is 42.5 Å². The molecule has 17 heavy (non-hydrogen) atoms. The second kappa shape index (κ2) is 4.21. The molecule has 1 unspecified atom stereocenters. The van der Waals surface area contributed by atoms with Gasteiger partial charge in [0, 0.05) is 0 Å². The Morgan fingerprint density at radius 3 is 2.41 bits per heavy atom. The second-order valence-electron chi connectivity index (χ2n) is 4.55. The van der Waals surface area contributed by atoms with Crippen LogP contribution in [0.25, 0.3) is 10.8 Å². The van der Waals surface area contributed by atoms with Gasteiger partial charge >= 0.3 is 5.97 Å². The molecule has 0 aromatic heterocycles. The number of rotatable bonds is 3. The van der Waals surface area contributed by atoms with E-state index in [2.05, 4.69) is 0 Å². The van der Waals surface area contributed by atoms with Crippen molar-refractivity contribution >= 4 is 16.7 Å². The molecule has 0 aliphatic rings. The van der Waals surface area contributed by atoms with Crippen LogP contribution in [0.3, 0.4) is 0 Å². The normalized spacial score (nSPS) is 14.5. The maximum Gasteiger partial charge on any atom is 0.313 e. The van der Waals surface area contributed by atoms with Crippen molar-refractivity contribution in [3.8, 4) is 0 Å². The van der Waals surface area contributed by atoms with Crippen LogP contribution in [-0.2, 0) is 10.2 Å². The van der Waals surface area contributed by atoms with Gasteiger partial charge in [-0.05, 0) is 29.7 Å². The average molecular weight is 228 g/mol. The number of aliphatic carboxylic acids is 1. The molecule has 0 fully saturated rings. The predicted octanol–water partition coefficient (Wildman–Crippen LogP) is 3.59. The fourth-order valence-corrected chi connectivity index (χ4v) is 2.01. The van der Waals surface area contributed by atoms with Crippen molar-refractivity contribution in [1.82, 2.24) is 0 Å². The van der Waals surface area contributed by atoms with Crippen LogP contribution in [0.5, 0.6) is 0 Å². The van der Waals surface area contributed by atoms with Gasteiger partial charge in [-0.2, -0.15) is 0 Å². The van der Waals surface area contributed by atoms with E-state index in [1.165, 1.54) is 0 Å². The molecule has 0 aliphatic heterocycles. The maximum atomic E-state index is 11.4. The van der Waals surface area contributed by atoms with Gasteiger partial charge in [0.05, 0.1) is 5.41 Å². The molecule has 1 N–H and O–H groups in total. The lowest BCUT2D eigenvalue weighted by molar-refractivity contribution is -0.143. The third-order valence-corrected chi connectivity index (χ3v) is 3.57. The number of hydrogen-bond acceptors (Lipinski definition) is 1. The first kappa shape index (κ1) is 11.6. The van der Waals surface area contributed by atoms with E-state index in [9.17, 15) is 9.90 Å². The highest BCUT2D eigenvalue weighted by molar-refractivity contribution is 5.87. The molecule has 0 saturated heterocycles. The third-order valence-electron chi connectivity index (χ3n) is 3.57. The van der Waals surface area contributed by atoms with Crippen LogP contribution in [0.4, 0.5) is 0 Å². The lowest BCUT2D eigenvalue weighted by Crippen LogP contribution is -2.31. The molecule has 0 amide bonds. The van der Waals surface area contributed by atoms with Crippen molar-refractivity contribution in [3.05, 3.63) is 48.0 Å². The van der Waals surface area contributed by atoms with Gasteiger partial charge < -0.3 is 5.11 Å². The highest BCUT2D eigenvalue weighted by Crippen LogP contribution is 2.30. The number of hydrogen-bond donors (Lipinski definition) is 1. The summed E-state index contributed by atoms with van der Waals surface area (Å²) in [5.41, 5.74) is 0.0653. The summed E-state index contributed by atoms with van der Waals surface area (Å²) in [5.74, 6) is -0.768. The molecule has 2 rings (SSSR count). The highest BCUT2D eigenvalue weighted by atomic mass is 16.4. The Labute approximate surface area is 101 Å². The zero-order valence-electron chi connectivity index (χ0n) is 10.1. The molecule has 0 heterocycles. The van der Waals surface area contributed by atoms with Crippen molar-refractivity contribution in [1.29, 1.82) is 0 Å². The molecular weight excluding hydrogens is 212 g/mol. The van der Waals surface area contributed by atoms with Gasteiger partial charge in [-0.3, -0.25) is 4.79 Å². The first-order valence-corrected chi connectivity index (χ1v) is 5.80. The Bertz CT molecular complexity index is 560. The number of benzene rings is 2. The fourth-order valence-electron chi connectivity index (χ4n) is 2.01. The molecular formula is C15H16O2. The standard InChI is InChI=1S/C15H16O2/c1-3-15(2,14(16)17)13-9-8-11-6-4-5-7-12(11)10-13/h4-10H,3H2,1-2H3,(H,16,17). The van der Waals surface area contributed by atoms with Crippen molar-refractivity contribution < 1.29 is 9.90 Å². The number of carboxylic acid groups (broad SMARTS) is 1. The summed E-state index contributed by atoms with van der Waals surface area (Å²) >= 11 is 0. The van der Waals surface area contributed by atoms with Gasteiger partial charge in [0.25, 0.3) is 0 Å². The lowest BCUT2D eigenvalue weighted by Gasteiger charge is -2.23. The van der Waals surface area contributed by atoms with Crippen LogP contribution in [0.2, 0.25) is 0 Å². The molecule has 88 valence electrons. The average Bonchev–Trinajstić information content (AvgIpc) is 2.37. The Balaban J connectivity index is 2.59. The van der Waals surface area contributed by atoms with E-state index < -0.39 is 11.4 Å². The Morgan fingerprint density at radius 1 is 1.18 bits per heavy atom. The van der Waals surface area contributed by atoms with Crippen LogP contribution in [0.1, 0.15) is 25.8 Å². The summed E-state index contributed by atoms with van der Waals surface area (Å²) in [7, 11) is 0. The molecule has 0 radical (unpaired) electrons. The quantitative estimate of drug-likeness (QED) is 0.871. The molecule has 0 bridgehead atoms. The van der Waals surface area contributed by atoms with Gasteiger partial charge in [0.2, 0.25) is 0 Å². The van der Waals surface area contributed by atoms with Crippen molar-refractivity contribution in [2.75, 3.05) is 0 Å². The van der Waals surface area contributed by atoms with Crippen molar-refractivity contribution in [3.63, 3.8) is 0 Å². The summed E-state index contributed by atoms with van der Waals surface area (Å²) in [6, 6.07) is 13.9. The van der Waals surface area contributed by atoms with Crippen LogP contribution in [-0.4, -0.2) is 11.1 Å². The van der Waals surface area contributed by atoms with Crippen molar-refractivity contribution in [2.24, 2.45) is 0 Å². The van der Waals surface area contributed by atoms with E-state index in [1.54, 1.807) is 6.92 Å². The summed E-state index contributed by atoms with van der Waals surface area (Å²) in [5, 5.41) is 11.6. The monoisotopic (exact) mass is 228 g/mol. The van der Waals surface area contributed by atoms with Gasteiger partial charge in [0.1, 0.15) is 0 Å². The van der Waals surface area contributed by atoms with Gasteiger partial charge in [-0.15, -0.1) is 0 Å². The van der Waals surface area contributed by atoms with E-state index in [0.717, 1.165) is 16.3 Å². The Morgan fingerprint density at radius 2 is 1.82 bits per heavy atom. The van der Waals surface area contributed by atoms with E-state index in [4.69, 9.17) is 0 Å². The molecule has 0 spiro atoms. The summed E-state index contributed by atoms with van der Waals surface area (Å²) < 4.78 is 0. The lowest BCUT2D eigenvalue weighted by atomic mass is 9.79. The summed E-state index contributed by atoms with van der Waals surface area (Å²) in [6.07, 6.45) is 0.584. The Hall–Kier alpha value is -1.83. The molecule has 0 aliphatic carbocycles. The molecule has 2 heteroatoms. The van der Waals surface area contributed by atoms with Crippen LogP contribution in [0, 0.1) is 0 Å². The topological polar surface area (TPSA) is 37.3 Å². The van der Waals surface area contributed by atoms with Crippen LogP contribution < -0.4 is 0 Å². The maximum absolute atomic E-state index is 11.4. The SMILES string of the molecule is CCC(C)(C(=O)O)c1ccc2ccccc2c1. The number of carboxylic acids is 1. The van der Waals surface area contributed by atoms with Crippen LogP contribution >= 0.6 is 0 Å². The summed E-state index contributed by atoms with van der Waals surface area (Å²) in [6.45, 7) is 3.68. The predicted molar refractivity (Wildman–Crippen MR) is 69.2 cm³/mol. The number of fused-ring (bicyclic) bond motifs is 1. The van der Waals surface area contributed by atoms with Gasteiger partial charge in [-0.1, -0.05) is 49.4 Å². The van der Waals surface area contributed by atoms with E-state index in [0.29, 0.717) is 6.42 Å². The molecule has 2 aromatic rings. The third kappa shape index (κ3) is 1.91. The zero-order chi connectivity index (χ0) is 12.5. The summed E-state index contributed by atoms with van der Waals surface area (Å²) in [4.78, 5) is 11.4. The second-order valence-corrected chi connectivity index (χ2v) is 4.55. The zero-order valence-corrected chi connectivity index (χ0v) is 10.1. The molecule has 1 atom stereocenters. The number of carbonyl (C=O) groups is 1. The minimum absolute atomic E-state index is 0.584. The molecule has 2 aromatic carbocycles. The van der Waals surface area contributed by atoms with E-state index in [1.807, 2.05) is 49.4 Å². The van der Waals surface area contributed by atoms with E-state index in [-0.39, 0.29) is 0 Å². The smallest absolute Gasteiger partial charge is 0.313 e. The van der Waals surface area contributed by atoms with Crippen molar-refractivity contribution in [2.45, 2.75) is 25.7 Å². The first-order chi connectivity index (χ1) is 8.08. The minimum Gasteiger partial charge on any atom is -0.481 e. The largest absolute Gasteiger partial charge is 0.481 e. The Kier molecular flexibility index (Phi) is 2.88. The molecule has 0 saturated carbocycles. The van der Waals surface area contributed by atoms with Gasteiger partial charge in [0.15, 0.2) is 0 Å². The van der Waals surface area contributed by atoms with Gasteiger partial charge in [-0.25, -0.2) is 0 Å². The highest BCUT2D eigenvalue weighted by Gasteiger charge is 2.33. The fraction of sp³-hybridized carbons (Fsp3) is 0.267. The minimum atomic E-state index is -0.802. The first-order valence-electron chi connectivity index (χ1n) is 5.80. The van der Waals surface area contributed by atoms with E-state index >= 15 is 0 Å². The molecule has 2 nitrogen and oxygen atoms in total.